The van der Waals surface area contributed by atoms with Crippen molar-refractivity contribution >= 4 is 11.6 Å². The zero-order valence-electron chi connectivity index (χ0n) is 20.6. The number of carbonyl (C=O) groups is 1. The first-order chi connectivity index (χ1) is 17.5. The molecule has 1 saturated heterocycles. The van der Waals surface area contributed by atoms with Gasteiger partial charge in [0, 0.05) is 12.2 Å². The fourth-order valence-electron chi connectivity index (χ4n) is 5.08. The van der Waals surface area contributed by atoms with Crippen LogP contribution in [0.3, 0.4) is 0 Å². The van der Waals surface area contributed by atoms with E-state index in [1.165, 1.54) is 11.6 Å². The highest BCUT2D eigenvalue weighted by Gasteiger charge is 2.26. The van der Waals surface area contributed by atoms with Gasteiger partial charge in [-0.25, -0.2) is 14.1 Å². The maximum Gasteiger partial charge on any atom is 0.254 e. The predicted molar refractivity (Wildman–Crippen MR) is 135 cm³/mol. The van der Waals surface area contributed by atoms with Crippen molar-refractivity contribution in [3.05, 3.63) is 65.4 Å². The highest BCUT2D eigenvalue weighted by Crippen LogP contribution is 2.30. The van der Waals surface area contributed by atoms with E-state index in [4.69, 9.17) is 0 Å². The lowest BCUT2D eigenvalue weighted by atomic mass is 9.90. The fraction of sp³-hybridized carbons (Fsp3) is 0.407. The molecule has 36 heavy (non-hydrogen) atoms. The summed E-state index contributed by atoms with van der Waals surface area (Å²) in [6.07, 6.45) is 9.97. The van der Waals surface area contributed by atoms with Crippen LogP contribution in [-0.2, 0) is 0 Å². The smallest absolute Gasteiger partial charge is 0.254 e. The number of rotatable bonds is 6. The van der Waals surface area contributed by atoms with Crippen LogP contribution < -0.4 is 5.32 Å². The summed E-state index contributed by atoms with van der Waals surface area (Å²) in [6.45, 7) is 7.37. The van der Waals surface area contributed by atoms with Crippen molar-refractivity contribution in [1.82, 2.24) is 34.6 Å². The Morgan fingerprint density at radius 2 is 1.94 bits per heavy atom. The minimum absolute atomic E-state index is 0.0214. The third-order valence-electron chi connectivity index (χ3n) is 7.48. The van der Waals surface area contributed by atoms with Crippen molar-refractivity contribution in [1.29, 1.82) is 0 Å². The standard InChI is InChI=1S/C27H30FN7O/c1-3-33-10-8-18(9-11-33)19-4-7-26-29-14-25(34(26)15-19)23-16-35(32-31-23)24-13-21(22(28)12-17(24)2)27(36)30-20-5-6-20/h4,7,12-16,18,20H,3,5-6,8-11H2,1-2H3,(H,30,36). The zero-order chi connectivity index (χ0) is 24.8. The molecular weight excluding hydrogens is 457 g/mol. The molecule has 3 aromatic heterocycles. The molecule has 0 unspecified atom stereocenters. The Hall–Kier alpha value is -3.59. The summed E-state index contributed by atoms with van der Waals surface area (Å²) in [5, 5.41) is 11.6. The second-order valence-corrected chi connectivity index (χ2v) is 9.96. The molecule has 1 aromatic carbocycles. The number of hydrogen-bond donors (Lipinski definition) is 1. The molecule has 4 aromatic rings. The number of fused-ring (bicyclic) bond motifs is 1. The van der Waals surface area contributed by atoms with Crippen molar-refractivity contribution in [3.63, 3.8) is 0 Å². The van der Waals surface area contributed by atoms with E-state index in [0.29, 0.717) is 22.9 Å². The summed E-state index contributed by atoms with van der Waals surface area (Å²) in [5.41, 5.74) is 4.98. The van der Waals surface area contributed by atoms with Gasteiger partial charge < -0.3 is 10.2 Å². The molecule has 2 aliphatic rings. The van der Waals surface area contributed by atoms with Gasteiger partial charge in [0.2, 0.25) is 0 Å². The van der Waals surface area contributed by atoms with Crippen LogP contribution in [0.15, 0.2) is 42.9 Å². The van der Waals surface area contributed by atoms with Crippen molar-refractivity contribution in [2.24, 2.45) is 0 Å². The molecule has 2 fully saturated rings. The number of halogens is 1. The van der Waals surface area contributed by atoms with Crippen LogP contribution in [0.4, 0.5) is 4.39 Å². The molecule has 1 aliphatic carbocycles. The number of aromatic nitrogens is 5. The number of nitrogens with one attached hydrogen (secondary N) is 1. The molecule has 1 aliphatic heterocycles. The average Bonchev–Trinajstić information content (AvgIpc) is 3.39. The molecule has 0 bridgehead atoms. The van der Waals surface area contributed by atoms with Gasteiger partial charge in [0.1, 0.15) is 17.2 Å². The molecule has 0 radical (unpaired) electrons. The van der Waals surface area contributed by atoms with E-state index in [2.05, 4.69) is 55.2 Å². The summed E-state index contributed by atoms with van der Waals surface area (Å²) in [4.78, 5) is 19.6. The summed E-state index contributed by atoms with van der Waals surface area (Å²) >= 11 is 0. The molecule has 1 amide bonds. The molecule has 0 atom stereocenters. The largest absolute Gasteiger partial charge is 0.349 e. The Balaban J connectivity index is 1.30. The Morgan fingerprint density at radius 1 is 1.14 bits per heavy atom. The SMILES string of the molecule is CCN1CCC(c2ccc3ncc(-c4cn(-c5cc(C(=O)NC6CC6)c(F)cc5C)nn4)n3c2)CC1. The van der Waals surface area contributed by atoms with Gasteiger partial charge in [-0.3, -0.25) is 9.20 Å². The lowest BCUT2D eigenvalue weighted by Gasteiger charge is -2.31. The first-order valence-electron chi connectivity index (χ1n) is 12.7. The quantitative estimate of drug-likeness (QED) is 0.443. The second-order valence-electron chi connectivity index (χ2n) is 9.96. The number of nitrogens with zero attached hydrogens (tertiary/aromatic N) is 6. The van der Waals surface area contributed by atoms with Crippen molar-refractivity contribution < 1.29 is 9.18 Å². The molecule has 8 nitrogen and oxygen atoms in total. The monoisotopic (exact) mass is 487 g/mol. The predicted octanol–water partition coefficient (Wildman–Crippen LogP) is 4.12. The van der Waals surface area contributed by atoms with E-state index < -0.39 is 11.7 Å². The van der Waals surface area contributed by atoms with Gasteiger partial charge in [0.05, 0.1) is 29.3 Å². The normalized spacial score (nSPS) is 17.1. The van der Waals surface area contributed by atoms with Gasteiger partial charge in [0.25, 0.3) is 5.91 Å². The average molecular weight is 488 g/mol. The van der Waals surface area contributed by atoms with Crippen LogP contribution in [-0.4, -0.2) is 60.9 Å². The Bertz CT molecular complexity index is 1430. The summed E-state index contributed by atoms with van der Waals surface area (Å²) in [6, 6.07) is 7.33. The summed E-state index contributed by atoms with van der Waals surface area (Å²) in [5.74, 6) is -0.394. The summed E-state index contributed by atoms with van der Waals surface area (Å²) in [7, 11) is 0. The van der Waals surface area contributed by atoms with Gasteiger partial charge in [-0.15, -0.1) is 5.10 Å². The highest BCUT2D eigenvalue weighted by molar-refractivity contribution is 5.95. The van der Waals surface area contributed by atoms with Crippen LogP contribution in [0, 0.1) is 12.7 Å². The number of imidazole rings is 1. The number of likely N-dealkylation sites (tertiary alicyclic amines) is 1. The van der Waals surface area contributed by atoms with Crippen LogP contribution >= 0.6 is 0 Å². The van der Waals surface area contributed by atoms with Crippen molar-refractivity contribution in [3.8, 4) is 17.1 Å². The van der Waals surface area contributed by atoms with Gasteiger partial charge >= 0.3 is 0 Å². The van der Waals surface area contributed by atoms with Crippen LogP contribution in [0.5, 0.6) is 0 Å². The van der Waals surface area contributed by atoms with Crippen LogP contribution in [0.25, 0.3) is 22.7 Å². The van der Waals surface area contributed by atoms with E-state index in [0.717, 1.165) is 56.7 Å². The third kappa shape index (κ3) is 4.28. The molecule has 186 valence electrons. The van der Waals surface area contributed by atoms with Gasteiger partial charge in [0.15, 0.2) is 0 Å². The first-order valence-corrected chi connectivity index (χ1v) is 12.7. The minimum atomic E-state index is -0.533. The zero-order valence-corrected chi connectivity index (χ0v) is 20.6. The van der Waals surface area contributed by atoms with Crippen molar-refractivity contribution in [2.45, 2.75) is 51.5 Å². The van der Waals surface area contributed by atoms with E-state index in [1.807, 2.05) is 0 Å². The Labute approximate surface area is 209 Å². The lowest BCUT2D eigenvalue weighted by Crippen LogP contribution is -2.32. The number of pyridine rings is 1. The first kappa shape index (κ1) is 22.8. The third-order valence-corrected chi connectivity index (χ3v) is 7.48. The second kappa shape index (κ2) is 9.13. The highest BCUT2D eigenvalue weighted by atomic mass is 19.1. The molecule has 0 spiro atoms. The molecule has 9 heteroatoms. The van der Waals surface area contributed by atoms with Gasteiger partial charge in [-0.1, -0.05) is 18.2 Å². The number of carbonyl (C=O) groups excluding carboxylic acids is 1. The van der Waals surface area contributed by atoms with Gasteiger partial charge in [-0.2, -0.15) is 0 Å². The molecule has 4 heterocycles. The molecule has 1 saturated carbocycles. The maximum atomic E-state index is 14.6. The Kier molecular flexibility index (Phi) is 5.79. The molecule has 1 N–H and O–H groups in total. The topological polar surface area (TPSA) is 80.3 Å². The van der Waals surface area contributed by atoms with E-state index >= 15 is 0 Å². The van der Waals surface area contributed by atoms with Crippen molar-refractivity contribution in [2.75, 3.05) is 19.6 Å². The minimum Gasteiger partial charge on any atom is -0.349 e. The summed E-state index contributed by atoms with van der Waals surface area (Å²) < 4.78 is 18.3. The van der Waals surface area contributed by atoms with E-state index in [-0.39, 0.29) is 11.6 Å². The Morgan fingerprint density at radius 3 is 2.69 bits per heavy atom. The van der Waals surface area contributed by atoms with Crippen LogP contribution in [0.2, 0.25) is 0 Å². The van der Waals surface area contributed by atoms with Gasteiger partial charge in [-0.05, 0) is 87.5 Å². The maximum absolute atomic E-state index is 14.6. The number of piperidine rings is 1. The number of benzene rings is 1. The van der Waals surface area contributed by atoms with Crippen LogP contribution in [0.1, 0.15) is 60.0 Å². The molecular formula is C27H30FN7O. The lowest BCUT2D eigenvalue weighted by molar-refractivity contribution is 0.0947. The number of hydrogen-bond acceptors (Lipinski definition) is 5. The number of aryl methyl sites for hydroxylation is 1. The molecule has 6 rings (SSSR count). The van der Waals surface area contributed by atoms with E-state index in [9.17, 15) is 9.18 Å². The number of amides is 1. The van der Waals surface area contributed by atoms with E-state index in [1.54, 1.807) is 30.1 Å². The fourth-order valence-corrected chi connectivity index (χ4v) is 5.08.